The maximum absolute atomic E-state index is 12.0. The van der Waals surface area contributed by atoms with E-state index in [0.717, 1.165) is 0 Å². The zero-order valence-electron chi connectivity index (χ0n) is 12.4. The van der Waals surface area contributed by atoms with E-state index >= 15 is 0 Å². The van der Waals surface area contributed by atoms with Gasteiger partial charge in [-0.2, -0.15) is 0 Å². The Morgan fingerprint density at radius 2 is 2.10 bits per heavy atom. The van der Waals surface area contributed by atoms with Gasteiger partial charge in [-0.05, 0) is 24.8 Å². The number of hydrogen-bond donors (Lipinski definition) is 2. The number of carboxylic acid groups (broad SMARTS) is 1. The fraction of sp³-hybridized carbons (Fsp3) is 0.500. The minimum absolute atomic E-state index is 0.0404. The molecule has 0 saturated carbocycles. The van der Waals surface area contributed by atoms with Gasteiger partial charge in [0.1, 0.15) is 0 Å². The van der Waals surface area contributed by atoms with E-state index in [1.165, 1.54) is 23.3 Å². The Bertz CT molecular complexity index is 515. The van der Waals surface area contributed by atoms with Crippen molar-refractivity contribution in [3.05, 3.63) is 22.4 Å². The second-order valence-corrected chi connectivity index (χ2v) is 6.08. The summed E-state index contributed by atoms with van der Waals surface area (Å²) in [5.74, 6) is -1.55. The number of carbonyl (C=O) groups excluding carboxylic acids is 2. The molecule has 0 bridgehead atoms. The fourth-order valence-electron chi connectivity index (χ4n) is 1.58. The maximum atomic E-state index is 12.0. The van der Waals surface area contributed by atoms with Crippen LogP contribution in [0.5, 0.6) is 0 Å². The second kappa shape index (κ2) is 7.21. The van der Waals surface area contributed by atoms with Gasteiger partial charge in [-0.1, -0.05) is 13.0 Å². The van der Waals surface area contributed by atoms with E-state index in [2.05, 4.69) is 5.32 Å². The standard InChI is InChI=1S/C14H20N2O4S/c1-4-14(2,13(19)20)9-15-11(17)8-16(3)12(18)10-6-5-7-21-10/h5-7H,4,8-9H2,1-3H3,(H,15,17)(H,19,20). The molecular weight excluding hydrogens is 292 g/mol. The minimum Gasteiger partial charge on any atom is -0.481 e. The molecule has 2 N–H and O–H groups in total. The van der Waals surface area contributed by atoms with Gasteiger partial charge in [0.05, 0.1) is 16.8 Å². The van der Waals surface area contributed by atoms with Crippen molar-refractivity contribution < 1.29 is 19.5 Å². The van der Waals surface area contributed by atoms with Crippen molar-refractivity contribution in [1.29, 1.82) is 0 Å². The van der Waals surface area contributed by atoms with Crippen LogP contribution in [0.4, 0.5) is 0 Å². The Hall–Kier alpha value is -1.89. The van der Waals surface area contributed by atoms with Crippen LogP contribution in [0, 0.1) is 5.41 Å². The number of nitrogens with zero attached hydrogens (tertiary/aromatic N) is 1. The van der Waals surface area contributed by atoms with Gasteiger partial charge in [0.15, 0.2) is 0 Å². The van der Waals surface area contributed by atoms with Crippen molar-refractivity contribution in [2.24, 2.45) is 5.41 Å². The highest BCUT2D eigenvalue weighted by molar-refractivity contribution is 7.12. The Morgan fingerprint density at radius 1 is 1.43 bits per heavy atom. The number of rotatable bonds is 7. The smallest absolute Gasteiger partial charge is 0.311 e. The van der Waals surface area contributed by atoms with Crippen LogP contribution in [0.2, 0.25) is 0 Å². The Balaban J connectivity index is 2.50. The first-order chi connectivity index (χ1) is 9.80. The highest BCUT2D eigenvalue weighted by atomic mass is 32.1. The monoisotopic (exact) mass is 312 g/mol. The lowest BCUT2D eigenvalue weighted by molar-refractivity contribution is -0.148. The number of likely N-dealkylation sites (N-methyl/N-ethyl adjacent to an activating group) is 1. The number of amides is 2. The summed E-state index contributed by atoms with van der Waals surface area (Å²) < 4.78 is 0. The van der Waals surface area contributed by atoms with E-state index in [4.69, 9.17) is 5.11 Å². The third-order valence-corrected chi connectivity index (χ3v) is 4.29. The summed E-state index contributed by atoms with van der Waals surface area (Å²) in [4.78, 5) is 36.8. The maximum Gasteiger partial charge on any atom is 0.311 e. The van der Waals surface area contributed by atoms with Crippen molar-refractivity contribution in [3.63, 3.8) is 0 Å². The van der Waals surface area contributed by atoms with Crippen LogP contribution in [0.25, 0.3) is 0 Å². The average molecular weight is 312 g/mol. The molecule has 1 atom stereocenters. The molecule has 0 aliphatic rings. The predicted octanol–water partition coefficient (Wildman–Crippen LogP) is 1.44. The third-order valence-electron chi connectivity index (χ3n) is 3.43. The summed E-state index contributed by atoms with van der Waals surface area (Å²) in [6.07, 6.45) is 0.409. The number of carbonyl (C=O) groups is 3. The van der Waals surface area contributed by atoms with Crippen LogP contribution >= 0.6 is 11.3 Å². The van der Waals surface area contributed by atoms with Crippen LogP contribution in [0.1, 0.15) is 29.9 Å². The first-order valence-corrected chi connectivity index (χ1v) is 7.47. The zero-order chi connectivity index (χ0) is 16.0. The molecule has 0 aliphatic heterocycles. The van der Waals surface area contributed by atoms with Crippen molar-refractivity contribution in [1.82, 2.24) is 10.2 Å². The molecule has 0 aliphatic carbocycles. The SMILES string of the molecule is CCC(C)(CNC(=O)CN(C)C(=O)c1cccs1)C(=O)O. The van der Waals surface area contributed by atoms with Gasteiger partial charge in [0.25, 0.3) is 5.91 Å². The summed E-state index contributed by atoms with van der Waals surface area (Å²) in [6.45, 7) is 3.28. The van der Waals surface area contributed by atoms with E-state index in [1.54, 1.807) is 31.4 Å². The summed E-state index contributed by atoms with van der Waals surface area (Å²) >= 11 is 1.31. The summed E-state index contributed by atoms with van der Waals surface area (Å²) in [5, 5.41) is 13.5. The molecule has 1 rings (SSSR count). The third kappa shape index (κ3) is 4.56. The number of hydrogen-bond acceptors (Lipinski definition) is 4. The van der Waals surface area contributed by atoms with Crippen LogP contribution in [0.15, 0.2) is 17.5 Å². The van der Waals surface area contributed by atoms with Crippen molar-refractivity contribution in [2.75, 3.05) is 20.1 Å². The van der Waals surface area contributed by atoms with Crippen LogP contribution in [-0.2, 0) is 9.59 Å². The van der Waals surface area contributed by atoms with Gasteiger partial charge in [-0.3, -0.25) is 14.4 Å². The summed E-state index contributed by atoms with van der Waals surface area (Å²) in [7, 11) is 1.54. The minimum atomic E-state index is -0.994. The number of nitrogens with one attached hydrogen (secondary N) is 1. The molecule has 1 unspecified atom stereocenters. The lowest BCUT2D eigenvalue weighted by Crippen LogP contribution is -2.44. The van der Waals surface area contributed by atoms with E-state index < -0.39 is 11.4 Å². The fourth-order valence-corrected chi connectivity index (χ4v) is 2.29. The number of carboxylic acids is 1. The van der Waals surface area contributed by atoms with Crippen molar-refractivity contribution in [2.45, 2.75) is 20.3 Å². The average Bonchev–Trinajstić information content (AvgIpc) is 2.97. The molecule has 21 heavy (non-hydrogen) atoms. The lowest BCUT2D eigenvalue weighted by Gasteiger charge is -2.24. The van der Waals surface area contributed by atoms with Gasteiger partial charge in [0.2, 0.25) is 5.91 Å². The Labute approximate surface area is 127 Å². The molecule has 1 aromatic heterocycles. The highest BCUT2D eigenvalue weighted by Crippen LogP contribution is 2.19. The van der Waals surface area contributed by atoms with Gasteiger partial charge in [0, 0.05) is 13.6 Å². The first-order valence-electron chi connectivity index (χ1n) is 6.59. The largest absolute Gasteiger partial charge is 0.481 e. The van der Waals surface area contributed by atoms with Crippen LogP contribution in [-0.4, -0.2) is 47.9 Å². The summed E-state index contributed by atoms with van der Waals surface area (Å²) in [5.41, 5.74) is -0.994. The van der Waals surface area contributed by atoms with Gasteiger partial charge < -0.3 is 15.3 Å². The van der Waals surface area contributed by atoms with E-state index in [0.29, 0.717) is 11.3 Å². The van der Waals surface area contributed by atoms with Crippen LogP contribution < -0.4 is 5.32 Å². The van der Waals surface area contributed by atoms with Gasteiger partial charge in [-0.25, -0.2) is 0 Å². The molecule has 1 heterocycles. The van der Waals surface area contributed by atoms with Gasteiger partial charge >= 0.3 is 5.97 Å². The van der Waals surface area contributed by atoms with Gasteiger partial charge in [-0.15, -0.1) is 11.3 Å². The number of aliphatic carboxylic acids is 1. The summed E-state index contributed by atoms with van der Waals surface area (Å²) in [6, 6.07) is 3.46. The molecule has 7 heteroatoms. The van der Waals surface area contributed by atoms with E-state index in [1.807, 2.05) is 0 Å². The molecule has 2 amide bonds. The molecule has 0 saturated heterocycles. The van der Waals surface area contributed by atoms with Crippen molar-refractivity contribution in [3.8, 4) is 0 Å². The Kier molecular flexibility index (Phi) is 5.90. The quantitative estimate of drug-likeness (QED) is 0.797. The molecule has 0 fully saturated rings. The molecule has 1 aromatic rings. The predicted molar refractivity (Wildman–Crippen MR) is 80.3 cm³/mol. The van der Waals surface area contributed by atoms with Crippen molar-refractivity contribution >= 4 is 29.1 Å². The molecule has 116 valence electrons. The molecule has 0 radical (unpaired) electrons. The van der Waals surface area contributed by atoms with E-state index in [9.17, 15) is 14.4 Å². The molecule has 0 aromatic carbocycles. The first kappa shape index (κ1) is 17.2. The van der Waals surface area contributed by atoms with Crippen LogP contribution in [0.3, 0.4) is 0 Å². The van der Waals surface area contributed by atoms with E-state index in [-0.39, 0.29) is 24.9 Å². The lowest BCUT2D eigenvalue weighted by atomic mass is 9.88. The molecule has 0 spiro atoms. The highest BCUT2D eigenvalue weighted by Gasteiger charge is 2.31. The molecular formula is C14H20N2O4S. The normalized spacial score (nSPS) is 13.3. The number of thiophene rings is 1. The Morgan fingerprint density at radius 3 is 2.57 bits per heavy atom. The second-order valence-electron chi connectivity index (χ2n) is 5.13. The topological polar surface area (TPSA) is 86.7 Å². The molecule has 6 nitrogen and oxygen atoms in total. The zero-order valence-corrected chi connectivity index (χ0v) is 13.2.